The molecule has 28 heavy (non-hydrogen) atoms. The number of hydrogen-bond donors (Lipinski definition) is 3. The van der Waals surface area contributed by atoms with E-state index < -0.39 is 0 Å². The number of anilines is 1. The summed E-state index contributed by atoms with van der Waals surface area (Å²) in [4.78, 5) is 16.2. The van der Waals surface area contributed by atoms with Crippen molar-refractivity contribution in [3.8, 4) is 11.3 Å². The quantitative estimate of drug-likeness (QED) is 0.427. The molecule has 0 unspecified atom stereocenters. The SMILES string of the molecule is Cc1cccc(NC(=S)NNC(=O)CCc2ncc(-c3ccc(Cl)cc3)o2)c1. The van der Waals surface area contributed by atoms with Gasteiger partial charge in [-0.3, -0.25) is 15.6 Å². The molecule has 0 aliphatic rings. The van der Waals surface area contributed by atoms with E-state index in [0.717, 1.165) is 16.8 Å². The van der Waals surface area contributed by atoms with E-state index in [9.17, 15) is 4.79 Å². The molecule has 0 aliphatic heterocycles. The topological polar surface area (TPSA) is 79.2 Å². The van der Waals surface area contributed by atoms with Crippen molar-refractivity contribution in [2.75, 3.05) is 5.32 Å². The number of carbonyl (C=O) groups excluding carboxylic acids is 1. The van der Waals surface area contributed by atoms with Crippen LogP contribution in [0, 0.1) is 6.92 Å². The van der Waals surface area contributed by atoms with Crippen molar-refractivity contribution < 1.29 is 9.21 Å². The zero-order chi connectivity index (χ0) is 19.9. The van der Waals surface area contributed by atoms with Gasteiger partial charge in [-0.25, -0.2) is 4.98 Å². The maximum absolute atomic E-state index is 12.0. The first-order valence-electron chi connectivity index (χ1n) is 8.63. The number of nitrogens with one attached hydrogen (secondary N) is 3. The number of halogens is 1. The fourth-order valence-corrected chi connectivity index (χ4v) is 2.76. The maximum Gasteiger partial charge on any atom is 0.238 e. The lowest BCUT2D eigenvalue weighted by atomic mass is 10.2. The molecule has 3 rings (SSSR count). The number of aromatic nitrogens is 1. The summed E-state index contributed by atoms with van der Waals surface area (Å²) in [5, 5.41) is 3.96. The summed E-state index contributed by atoms with van der Waals surface area (Å²) < 4.78 is 5.68. The Bertz CT molecular complexity index is 972. The number of nitrogens with zero attached hydrogens (tertiary/aromatic N) is 1. The molecule has 0 spiro atoms. The van der Waals surface area contributed by atoms with E-state index in [0.29, 0.717) is 28.2 Å². The second-order valence-electron chi connectivity index (χ2n) is 6.12. The van der Waals surface area contributed by atoms with Crippen LogP contribution in [0.15, 0.2) is 59.1 Å². The molecule has 1 heterocycles. The summed E-state index contributed by atoms with van der Waals surface area (Å²) >= 11 is 11.0. The van der Waals surface area contributed by atoms with E-state index in [1.165, 1.54) is 0 Å². The lowest BCUT2D eigenvalue weighted by molar-refractivity contribution is -0.121. The molecule has 0 atom stereocenters. The van der Waals surface area contributed by atoms with Crippen LogP contribution in [0.4, 0.5) is 5.69 Å². The van der Waals surface area contributed by atoms with Gasteiger partial charge >= 0.3 is 0 Å². The Morgan fingerprint density at radius 2 is 1.96 bits per heavy atom. The van der Waals surface area contributed by atoms with Crippen molar-refractivity contribution >= 4 is 40.5 Å². The van der Waals surface area contributed by atoms with Gasteiger partial charge in [-0.1, -0.05) is 23.7 Å². The number of aryl methyl sites for hydroxylation is 2. The van der Waals surface area contributed by atoms with E-state index in [4.69, 9.17) is 28.2 Å². The van der Waals surface area contributed by atoms with Crippen molar-refractivity contribution in [1.29, 1.82) is 0 Å². The summed E-state index contributed by atoms with van der Waals surface area (Å²) in [5.74, 6) is 0.897. The Morgan fingerprint density at radius 1 is 1.18 bits per heavy atom. The molecule has 1 amide bonds. The summed E-state index contributed by atoms with van der Waals surface area (Å²) in [6.07, 6.45) is 2.22. The second-order valence-corrected chi connectivity index (χ2v) is 6.97. The van der Waals surface area contributed by atoms with Crippen molar-refractivity contribution in [2.45, 2.75) is 19.8 Å². The zero-order valence-corrected chi connectivity index (χ0v) is 16.7. The molecule has 1 aromatic heterocycles. The van der Waals surface area contributed by atoms with Crippen LogP contribution in [0.25, 0.3) is 11.3 Å². The van der Waals surface area contributed by atoms with E-state index in [1.807, 2.05) is 43.3 Å². The van der Waals surface area contributed by atoms with Crippen LogP contribution < -0.4 is 16.2 Å². The molecule has 0 aliphatic carbocycles. The van der Waals surface area contributed by atoms with E-state index in [1.54, 1.807) is 18.3 Å². The van der Waals surface area contributed by atoms with Crippen molar-refractivity contribution in [2.24, 2.45) is 0 Å². The predicted molar refractivity (Wildman–Crippen MR) is 114 cm³/mol. The molecule has 3 N–H and O–H groups in total. The van der Waals surface area contributed by atoms with Gasteiger partial charge in [0.2, 0.25) is 5.91 Å². The number of thiocarbonyl (C=S) groups is 1. The lowest BCUT2D eigenvalue weighted by Gasteiger charge is -2.11. The maximum atomic E-state index is 12.0. The monoisotopic (exact) mass is 414 g/mol. The highest BCUT2D eigenvalue weighted by Gasteiger charge is 2.09. The molecule has 2 aromatic carbocycles. The summed E-state index contributed by atoms with van der Waals surface area (Å²) in [7, 11) is 0. The Hall–Kier alpha value is -2.90. The van der Waals surface area contributed by atoms with E-state index >= 15 is 0 Å². The van der Waals surface area contributed by atoms with Crippen LogP contribution in [-0.2, 0) is 11.2 Å². The third-order valence-electron chi connectivity index (χ3n) is 3.84. The van der Waals surface area contributed by atoms with Crippen LogP contribution >= 0.6 is 23.8 Å². The van der Waals surface area contributed by atoms with Crippen molar-refractivity contribution in [1.82, 2.24) is 15.8 Å². The lowest BCUT2D eigenvalue weighted by Crippen LogP contribution is -2.43. The highest BCUT2D eigenvalue weighted by molar-refractivity contribution is 7.80. The Labute approximate surface area is 173 Å². The number of oxazole rings is 1. The minimum Gasteiger partial charge on any atom is -0.441 e. The summed E-state index contributed by atoms with van der Waals surface area (Å²) in [5.41, 5.74) is 8.07. The highest BCUT2D eigenvalue weighted by Crippen LogP contribution is 2.22. The first kappa shape index (κ1) is 19.9. The van der Waals surface area contributed by atoms with Crippen LogP contribution in [0.2, 0.25) is 5.02 Å². The van der Waals surface area contributed by atoms with Gasteiger partial charge in [0.25, 0.3) is 0 Å². The molecule has 6 nitrogen and oxygen atoms in total. The fraction of sp³-hybridized carbons (Fsp3) is 0.150. The van der Waals surface area contributed by atoms with Crippen molar-refractivity contribution in [3.05, 3.63) is 71.2 Å². The normalized spacial score (nSPS) is 10.4. The molecular weight excluding hydrogens is 396 g/mol. The first-order valence-corrected chi connectivity index (χ1v) is 9.41. The molecular formula is C20H19ClN4O2S. The first-order chi connectivity index (χ1) is 13.5. The third kappa shape index (κ3) is 5.80. The molecule has 144 valence electrons. The Kier molecular flexibility index (Phi) is 6.62. The molecule has 0 saturated carbocycles. The Balaban J connectivity index is 1.43. The largest absolute Gasteiger partial charge is 0.441 e. The fourth-order valence-electron chi connectivity index (χ4n) is 2.47. The number of carbonyl (C=O) groups is 1. The van der Waals surface area contributed by atoms with Crippen LogP contribution in [0.1, 0.15) is 17.9 Å². The van der Waals surface area contributed by atoms with Gasteiger partial charge in [-0.15, -0.1) is 0 Å². The van der Waals surface area contributed by atoms with Crippen LogP contribution in [0.5, 0.6) is 0 Å². The van der Waals surface area contributed by atoms with Gasteiger partial charge < -0.3 is 9.73 Å². The van der Waals surface area contributed by atoms with Gasteiger partial charge in [-0.2, -0.15) is 0 Å². The highest BCUT2D eigenvalue weighted by atomic mass is 35.5. The number of amides is 1. The average Bonchev–Trinajstić information content (AvgIpc) is 3.14. The smallest absolute Gasteiger partial charge is 0.238 e. The standard InChI is InChI=1S/C20H19ClN4O2S/c1-13-3-2-4-16(11-13)23-20(28)25-24-18(26)9-10-19-22-12-17(27-19)14-5-7-15(21)8-6-14/h2-8,11-12H,9-10H2,1H3,(H,24,26)(H2,23,25,28). The number of hydrazine groups is 1. The molecule has 0 saturated heterocycles. The zero-order valence-electron chi connectivity index (χ0n) is 15.2. The minimum absolute atomic E-state index is 0.209. The molecule has 8 heteroatoms. The molecule has 0 fully saturated rings. The van der Waals surface area contributed by atoms with E-state index in [-0.39, 0.29) is 12.3 Å². The Morgan fingerprint density at radius 3 is 2.71 bits per heavy atom. The molecule has 0 bridgehead atoms. The third-order valence-corrected chi connectivity index (χ3v) is 4.30. The van der Waals surface area contributed by atoms with Gasteiger partial charge in [0.05, 0.1) is 6.20 Å². The number of hydrogen-bond acceptors (Lipinski definition) is 4. The van der Waals surface area contributed by atoms with Crippen molar-refractivity contribution in [3.63, 3.8) is 0 Å². The van der Waals surface area contributed by atoms with Crippen LogP contribution in [0.3, 0.4) is 0 Å². The predicted octanol–water partition coefficient (Wildman–Crippen LogP) is 4.25. The molecule has 3 aromatic rings. The van der Waals surface area contributed by atoms with Crippen LogP contribution in [-0.4, -0.2) is 16.0 Å². The van der Waals surface area contributed by atoms with E-state index in [2.05, 4.69) is 21.2 Å². The second kappa shape index (κ2) is 9.34. The minimum atomic E-state index is -0.223. The number of rotatable bonds is 5. The van der Waals surface area contributed by atoms with Gasteiger partial charge in [0.1, 0.15) is 0 Å². The summed E-state index contributed by atoms with van der Waals surface area (Å²) in [6, 6.07) is 15.0. The molecule has 0 radical (unpaired) electrons. The number of benzene rings is 2. The van der Waals surface area contributed by atoms with Gasteiger partial charge in [-0.05, 0) is 61.1 Å². The average molecular weight is 415 g/mol. The van der Waals surface area contributed by atoms with Gasteiger partial charge in [0.15, 0.2) is 16.8 Å². The summed E-state index contributed by atoms with van der Waals surface area (Å²) in [6.45, 7) is 1.99. The van der Waals surface area contributed by atoms with Gasteiger partial charge in [0, 0.05) is 29.1 Å².